The minimum Gasteiger partial charge on any atom is -0.343 e. The van der Waals surface area contributed by atoms with Crippen LogP contribution in [0.4, 0.5) is 0 Å². The lowest BCUT2D eigenvalue weighted by Crippen LogP contribution is -2.53. The molecular weight excluding hydrogens is 328 g/mol. The summed E-state index contributed by atoms with van der Waals surface area (Å²) in [5.74, 6) is 1.32. The summed E-state index contributed by atoms with van der Waals surface area (Å²) in [6.07, 6.45) is 6.73. The summed E-state index contributed by atoms with van der Waals surface area (Å²) in [7, 11) is 0. The van der Waals surface area contributed by atoms with E-state index in [9.17, 15) is 9.59 Å². The van der Waals surface area contributed by atoms with Crippen LogP contribution in [-0.4, -0.2) is 58.2 Å². The molecule has 1 aromatic heterocycles. The molecular formula is C20H30N4O2. The maximum absolute atomic E-state index is 12.3. The normalized spacial score (nSPS) is 24.2. The van der Waals surface area contributed by atoms with Gasteiger partial charge in [-0.15, -0.1) is 0 Å². The van der Waals surface area contributed by atoms with E-state index in [4.69, 9.17) is 0 Å². The first-order chi connectivity index (χ1) is 12.6. The molecule has 4 rings (SSSR count). The largest absolute Gasteiger partial charge is 0.343 e. The Morgan fingerprint density at radius 1 is 1.12 bits per heavy atom. The lowest BCUT2D eigenvalue weighted by Gasteiger charge is -2.43. The van der Waals surface area contributed by atoms with Gasteiger partial charge in [0.05, 0.1) is 12.2 Å². The molecule has 0 bridgehead atoms. The quantitative estimate of drug-likeness (QED) is 0.814. The monoisotopic (exact) mass is 358 g/mol. The Hall–Kier alpha value is -1.69. The molecule has 142 valence electrons. The fourth-order valence-corrected chi connectivity index (χ4v) is 4.78. The molecule has 26 heavy (non-hydrogen) atoms. The van der Waals surface area contributed by atoms with Crippen molar-refractivity contribution in [3.63, 3.8) is 0 Å². The van der Waals surface area contributed by atoms with E-state index in [0.717, 1.165) is 64.2 Å². The van der Waals surface area contributed by atoms with Crippen molar-refractivity contribution in [1.29, 1.82) is 0 Å². The average Bonchev–Trinajstić information content (AvgIpc) is 2.60. The summed E-state index contributed by atoms with van der Waals surface area (Å²) < 4.78 is 1.70. The highest BCUT2D eigenvalue weighted by molar-refractivity contribution is 5.73. The summed E-state index contributed by atoms with van der Waals surface area (Å²) in [5, 5.41) is 4.65. The fourth-order valence-electron chi connectivity index (χ4n) is 4.78. The van der Waals surface area contributed by atoms with Crippen LogP contribution in [0.15, 0.2) is 10.9 Å². The Kier molecular flexibility index (Phi) is 5.11. The third-order valence-electron chi connectivity index (χ3n) is 6.22. The number of amides is 1. The zero-order valence-electron chi connectivity index (χ0n) is 15.8. The van der Waals surface area contributed by atoms with Crippen molar-refractivity contribution in [1.82, 2.24) is 19.6 Å². The average molecular weight is 358 g/mol. The Morgan fingerprint density at radius 3 is 2.73 bits per heavy atom. The molecule has 0 saturated carbocycles. The Morgan fingerprint density at radius 2 is 1.92 bits per heavy atom. The molecule has 0 radical (unpaired) electrons. The van der Waals surface area contributed by atoms with Crippen molar-refractivity contribution in [2.45, 2.75) is 52.0 Å². The molecule has 2 fully saturated rings. The van der Waals surface area contributed by atoms with Gasteiger partial charge in [0.15, 0.2) is 0 Å². The van der Waals surface area contributed by atoms with Crippen LogP contribution >= 0.6 is 0 Å². The predicted molar refractivity (Wildman–Crippen MR) is 100 cm³/mol. The van der Waals surface area contributed by atoms with Crippen molar-refractivity contribution in [2.75, 3.05) is 32.7 Å². The lowest BCUT2D eigenvalue weighted by atomic mass is 9.93. The van der Waals surface area contributed by atoms with Crippen LogP contribution in [0, 0.1) is 11.8 Å². The zero-order valence-corrected chi connectivity index (χ0v) is 15.8. The van der Waals surface area contributed by atoms with E-state index < -0.39 is 0 Å². The van der Waals surface area contributed by atoms with Gasteiger partial charge >= 0.3 is 0 Å². The molecule has 0 spiro atoms. The predicted octanol–water partition coefficient (Wildman–Crippen LogP) is 1.31. The third kappa shape index (κ3) is 3.85. The Bertz CT molecular complexity index is 723. The summed E-state index contributed by atoms with van der Waals surface area (Å²) in [5.41, 5.74) is 2.37. The number of piperidine rings is 1. The maximum Gasteiger partial charge on any atom is 0.267 e. The molecule has 0 N–H and O–H groups in total. The SMILES string of the molecule is CC(=O)N1CCCC(CN2CC(Cn3nc4c(cc3=O)CCCC4)C2)C1. The van der Waals surface area contributed by atoms with Crippen molar-refractivity contribution in [2.24, 2.45) is 11.8 Å². The van der Waals surface area contributed by atoms with Crippen LogP contribution in [0.5, 0.6) is 0 Å². The zero-order chi connectivity index (χ0) is 18.1. The van der Waals surface area contributed by atoms with Gasteiger partial charge < -0.3 is 9.80 Å². The van der Waals surface area contributed by atoms with Gasteiger partial charge in [-0.1, -0.05) is 0 Å². The van der Waals surface area contributed by atoms with Crippen LogP contribution < -0.4 is 5.56 Å². The Labute approximate surface area is 155 Å². The van der Waals surface area contributed by atoms with Gasteiger partial charge in [-0.25, -0.2) is 4.68 Å². The maximum atomic E-state index is 12.3. The number of carbonyl (C=O) groups is 1. The number of nitrogens with zero attached hydrogens (tertiary/aromatic N) is 4. The van der Waals surface area contributed by atoms with E-state index >= 15 is 0 Å². The summed E-state index contributed by atoms with van der Waals surface area (Å²) in [4.78, 5) is 28.4. The number of fused-ring (bicyclic) bond motifs is 1. The molecule has 3 heterocycles. The molecule has 0 aromatic carbocycles. The van der Waals surface area contributed by atoms with Crippen molar-refractivity contribution in [3.05, 3.63) is 27.7 Å². The number of aryl methyl sites for hydroxylation is 2. The topological polar surface area (TPSA) is 58.4 Å². The molecule has 1 atom stereocenters. The van der Waals surface area contributed by atoms with E-state index in [1.807, 2.05) is 11.0 Å². The second-order valence-corrected chi connectivity index (χ2v) is 8.40. The van der Waals surface area contributed by atoms with Gasteiger partial charge in [-0.05, 0) is 50.0 Å². The van der Waals surface area contributed by atoms with Crippen LogP contribution in [0.25, 0.3) is 0 Å². The minimum atomic E-state index is 0.0634. The van der Waals surface area contributed by atoms with E-state index in [1.54, 1.807) is 11.6 Å². The van der Waals surface area contributed by atoms with E-state index in [1.165, 1.54) is 24.8 Å². The lowest BCUT2D eigenvalue weighted by molar-refractivity contribution is -0.130. The van der Waals surface area contributed by atoms with Crippen molar-refractivity contribution >= 4 is 5.91 Å². The number of hydrogen-bond acceptors (Lipinski definition) is 4. The number of hydrogen-bond donors (Lipinski definition) is 0. The molecule has 1 aromatic rings. The van der Waals surface area contributed by atoms with Gasteiger partial charge in [-0.2, -0.15) is 5.10 Å². The van der Waals surface area contributed by atoms with Gasteiger partial charge in [0.25, 0.3) is 5.56 Å². The third-order valence-corrected chi connectivity index (χ3v) is 6.22. The minimum absolute atomic E-state index is 0.0634. The van der Waals surface area contributed by atoms with E-state index in [-0.39, 0.29) is 11.5 Å². The number of rotatable bonds is 4. The van der Waals surface area contributed by atoms with Crippen molar-refractivity contribution in [3.8, 4) is 0 Å². The van der Waals surface area contributed by atoms with Gasteiger partial charge in [0.2, 0.25) is 5.91 Å². The molecule has 2 saturated heterocycles. The second-order valence-electron chi connectivity index (χ2n) is 8.40. The summed E-state index contributed by atoms with van der Waals surface area (Å²) >= 11 is 0. The van der Waals surface area contributed by atoms with Gasteiger partial charge in [0.1, 0.15) is 0 Å². The molecule has 1 amide bonds. The van der Waals surface area contributed by atoms with Crippen LogP contribution in [-0.2, 0) is 24.2 Å². The molecule has 2 aliphatic heterocycles. The second kappa shape index (κ2) is 7.51. The summed E-state index contributed by atoms with van der Waals surface area (Å²) in [6, 6.07) is 1.82. The first-order valence-electron chi connectivity index (χ1n) is 10.2. The highest BCUT2D eigenvalue weighted by Gasteiger charge is 2.31. The molecule has 6 heteroatoms. The number of carbonyl (C=O) groups excluding carboxylic acids is 1. The fraction of sp³-hybridized carbons (Fsp3) is 0.750. The number of likely N-dealkylation sites (tertiary alicyclic amines) is 2. The molecule has 3 aliphatic rings. The highest BCUT2D eigenvalue weighted by Crippen LogP contribution is 2.24. The van der Waals surface area contributed by atoms with Gasteiger partial charge in [-0.3, -0.25) is 9.59 Å². The van der Waals surface area contributed by atoms with Crippen LogP contribution in [0.1, 0.15) is 43.9 Å². The van der Waals surface area contributed by atoms with Crippen molar-refractivity contribution < 1.29 is 4.79 Å². The first-order valence-corrected chi connectivity index (χ1v) is 10.2. The Balaban J connectivity index is 1.28. The molecule has 1 unspecified atom stereocenters. The smallest absolute Gasteiger partial charge is 0.267 e. The van der Waals surface area contributed by atoms with Crippen LogP contribution in [0.2, 0.25) is 0 Å². The van der Waals surface area contributed by atoms with Crippen LogP contribution in [0.3, 0.4) is 0 Å². The summed E-state index contributed by atoms with van der Waals surface area (Å²) in [6.45, 7) is 7.40. The first kappa shape index (κ1) is 17.7. The molecule has 1 aliphatic carbocycles. The highest BCUT2D eigenvalue weighted by atomic mass is 16.2. The molecule has 6 nitrogen and oxygen atoms in total. The standard InChI is InChI=1S/C20H30N4O2/c1-15(25)23-8-4-5-16(13-23)10-22-11-17(12-22)14-24-20(26)9-18-6-2-3-7-19(18)21-24/h9,16-17H,2-8,10-14H2,1H3. The van der Waals surface area contributed by atoms with Gasteiger partial charge in [0, 0.05) is 51.6 Å². The number of aromatic nitrogens is 2. The van der Waals surface area contributed by atoms with E-state index in [0.29, 0.717) is 11.8 Å². The van der Waals surface area contributed by atoms with E-state index in [2.05, 4.69) is 10.00 Å².